The summed E-state index contributed by atoms with van der Waals surface area (Å²) < 4.78 is 0. The lowest BCUT2D eigenvalue weighted by Gasteiger charge is -2.33. The van der Waals surface area contributed by atoms with Crippen LogP contribution in [0.2, 0.25) is 17.6 Å². The first kappa shape index (κ1) is 10.5. The maximum atomic E-state index is 6.45. The second-order valence-electron chi connectivity index (χ2n) is 4.20. The smallest absolute Gasteiger partial charge is 0.158 e. The third kappa shape index (κ3) is 2.63. The topological polar surface area (TPSA) is 0 Å². The normalized spacial score (nSPS) is 18.6. The standard InChI is InChI=1S/C8H19ClSi/c1-6-7-10(5,9)8(2,3)4/h6-7H2,1-5H3. The minimum absolute atomic E-state index is 0.352. The van der Waals surface area contributed by atoms with Gasteiger partial charge in [-0.05, 0) is 11.1 Å². The molecule has 0 saturated carbocycles. The van der Waals surface area contributed by atoms with Gasteiger partial charge in [0.2, 0.25) is 0 Å². The molecule has 0 N–H and O–H groups in total. The van der Waals surface area contributed by atoms with Gasteiger partial charge in [-0.3, -0.25) is 0 Å². The van der Waals surface area contributed by atoms with Crippen LogP contribution in [0.3, 0.4) is 0 Å². The summed E-state index contributed by atoms with van der Waals surface area (Å²) in [5.74, 6) is 0. The number of halogens is 1. The minimum atomic E-state index is -1.43. The van der Waals surface area contributed by atoms with Gasteiger partial charge < -0.3 is 0 Å². The number of rotatable bonds is 2. The molecule has 0 nitrogen and oxygen atoms in total. The lowest BCUT2D eigenvalue weighted by molar-refractivity contribution is 0.722. The first-order valence-corrected chi connectivity index (χ1v) is 7.72. The molecule has 1 atom stereocenters. The molecule has 0 heterocycles. The molecule has 0 spiro atoms. The molecule has 62 valence electrons. The summed E-state index contributed by atoms with van der Waals surface area (Å²) in [5, 5.41) is 0.352. The van der Waals surface area contributed by atoms with E-state index in [9.17, 15) is 0 Å². The fourth-order valence-electron chi connectivity index (χ4n) is 0.844. The van der Waals surface area contributed by atoms with Gasteiger partial charge in [-0.1, -0.05) is 40.7 Å². The predicted octanol–water partition coefficient (Wildman–Crippen LogP) is 4.01. The molecule has 0 rings (SSSR count). The van der Waals surface area contributed by atoms with Crippen LogP contribution in [0.4, 0.5) is 0 Å². The third-order valence-corrected chi connectivity index (χ3v) is 9.12. The molecule has 0 bridgehead atoms. The highest BCUT2D eigenvalue weighted by atomic mass is 35.6. The van der Waals surface area contributed by atoms with Crippen LogP contribution in [0, 0.1) is 0 Å². The van der Waals surface area contributed by atoms with Gasteiger partial charge in [0.15, 0.2) is 7.38 Å². The van der Waals surface area contributed by atoms with E-state index in [4.69, 9.17) is 11.1 Å². The monoisotopic (exact) mass is 178 g/mol. The van der Waals surface area contributed by atoms with E-state index in [1.807, 2.05) is 0 Å². The largest absolute Gasteiger partial charge is 0.167 e. The fourth-order valence-corrected chi connectivity index (χ4v) is 3.10. The van der Waals surface area contributed by atoms with Crippen LogP contribution in [0.1, 0.15) is 34.1 Å². The molecular weight excluding hydrogens is 160 g/mol. The molecule has 0 aromatic rings. The van der Waals surface area contributed by atoms with Crippen LogP contribution in [-0.2, 0) is 0 Å². The Morgan fingerprint density at radius 2 is 1.70 bits per heavy atom. The van der Waals surface area contributed by atoms with Crippen molar-refractivity contribution < 1.29 is 0 Å². The first-order chi connectivity index (χ1) is 4.31. The average molecular weight is 179 g/mol. The summed E-state index contributed by atoms with van der Waals surface area (Å²) in [6, 6.07) is 1.23. The Bertz CT molecular complexity index is 102. The highest BCUT2D eigenvalue weighted by Gasteiger charge is 2.37. The second kappa shape index (κ2) is 3.27. The van der Waals surface area contributed by atoms with E-state index in [1.54, 1.807) is 0 Å². The van der Waals surface area contributed by atoms with Crippen molar-refractivity contribution in [1.29, 1.82) is 0 Å². The van der Waals surface area contributed by atoms with Crippen LogP contribution >= 0.6 is 11.1 Å². The van der Waals surface area contributed by atoms with E-state index in [2.05, 4.69) is 34.2 Å². The van der Waals surface area contributed by atoms with Gasteiger partial charge in [0.05, 0.1) is 0 Å². The van der Waals surface area contributed by atoms with E-state index in [1.165, 1.54) is 12.5 Å². The minimum Gasteiger partial charge on any atom is -0.167 e. The summed E-state index contributed by atoms with van der Waals surface area (Å²) >= 11 is 6.45. The molecule has 0 radical (unpaired) electrons. The van der Waals surface area contributed by atoms with E-state index in [0.717, 1.165) is 0 Å². The van der Waals surface area contributed by atoms with E-state index >= 15 is 0 Å². The van der Waals surface area contributed by atoms with Crippen molar-refractivity contribution in [3.05, 3.63) is 0 Å². The van der Waals surface area contributed by atoms with Gasteiger partial charge in [-0.25, -0.2) is 0 Å². The number of hydrogen-bond donors (Lipinski definition) is 0. The van der Waals surface area contributed by atoms with Crippen LogP contribution in [-0.4, -0.2) is 7.38 Å². The third-order valence-electron chi connectivity index (χ3n) is 2.28. The van der Waals surface area contributed by atoms with Gasteiger partial charge in [0.25, 0.3) is 0 Å². The van der Waals surface area contributed by atoms with Gasteiger partial charge in [0, 0.05) is 0 Å². The van der Waals surface area contributed by atoms with Crippen LogP contribution in [0.5, 0.6) is 0 Å². The Hall–Kier alpha value is 0.507. The zero-order valence-electron chi connectivity index (χ0n) is 7.79. The summed E-state index contributed by atoms with van der Waals surface area (Å²) in [6.07, 6.45) is 1.23. The molecule has 0 fully saturated rings. The molecule has 10 heavy (non-hydrogen) atoms. The Kier molecular flexibility index (Phi) is 3.43. The lowest BCUT2D eigenvalue weighted by Crippen LogP contribution is -2.33. The highest BCUT2D eigenvalue weighted by Crippen LogP contribution is 2.42. The van der Waals surface area contributed by atoms with Crippen LogP contribution in [0.15, 0.2) is 0 Å². The lowest BCUT2D eigenvalue weighted by atomic mass is 10.2. The SMILES string of the molecule is CCC[Si](C)(Cl)C(C)(C)C. The maximum Gasteiger partial charge on any atom is 0.158 e. The van der Waals surface area contributed by atoms with Gasteiger partial charge >= 0.3 is 0 Å². The molecule has 2 heteroatoms. The second-order valence-corrected chi connectivity index (χ2v) is 11.1. The Balaban J connectivity index is 4.10. The molecule has 0 aromatic carbocycles. The number of hydrogen-bond acceptors (Lipinski definition) is 0. The van der Waals surface area contributed by atoms with Crippen molar-refractivity contribution >= 4 is 18.5 Å². The molecule has 0 aromatic heterocycles. The van der Waals surface area contributed by atoms with Gasteiger partial charge in [-0.2, -0.15) is 11.1 Å². The predicted molar refractivity (Wildman–Crippen MR) is 52.3 cm³/mol. The van der Waals surface area contributed by atoms with Crippen molar-refractivity contribution in [2.45, 2.75) is 51.7 Å². The Morgan fingerprint density at radius 3 is 1.80 bits per heavy atom. The van der Waals surface area contributed by atoms with Crippen molar-refractivity contribution in [1.82, 2.24) is 0 Å². The first-order valence-electron chi connectivity index (χ1n) is 4.00. The highest BCUT2D eigenvalue weighted by molar-refractivity contribution is 7.21. The van der Waals surface area contributed by atoms with Crippen molar-refractivity contribution in [2.75, 3.05) is 0 Å². The summed E-state index contributed by atoms with van der Waals surface area (Å²) in [4.78, 5) is 0. The Labute approximate surface area is 70.7 Å². The van der Waals surface area contributed by atoms with Crippen molar-refractivity contribution in [3.63, 3.8) is 0 Å². The zero-order valence-corrected chi connectivity index (χ0v) is 9.55. The van der Waals surface area contributed by atoms with Gasteiger partial charge in [-0.15, -0.1) is 0 Å². The van der Waals surface area contributed by atoms with Crippen molar-refractivity contribution in [3.8, 4) is 0 Å². The van der Waals surface area contributed by atoms with E-state index < -0.39 is 7.38 Å². The summed E-state index contributed by atoms with van der Waals surface area (Å²) in [6.45, 7) is 11.2. The molecule has 0 aliphatic rings. The average Bonchev–Trinajstić information content (AvgIpc) is 1.61. The zero-order chi connectivity index (χ0) is 8.41. The molecule has 0 saturated heterocycles. The van der Waals surface area contributed by atoms with Crippen molar-refractivity contribution in [2.24, 2.45) is 0 Å². The fraction of sp³-hybridized carbons (Fsp3) is 1.00. The van der Waals surface area contributed by atoms with E-state index in [-0.39, 0.29) is 0 Å². The van der Waals surface area contributed by atoms with Gasteiger partial charge in [0.1, 0.15) is 0 Å². The molecule has 0 aliphatic carbocycles. The molecular formula is C8H19ClSi. The van der Waals surface area contributed by atoms with Crippen LogP contribution < -0.4 is 0 Å². The van der Waals surface area contributed by atoms with E-state index in [0.29, 0.717) is 5.04 Å². The Morgan fingerprint density at radius 1 is 1.30 bits per heavy atom. The summed E-state index contributed by atoms with van der Waals surface area (Å²) in [7, 11) is -1.43. The molecule has 0 amide bonds. The molecule has 0 aliphatic heterocycles. The summed E-state index contributed by atoms with van der Waals surface area (Å²) in [5.41, 5.74) is 0. The van der Waals surface area contributed by atoms with Crippen LogP contribution in [0.25, 0.3) is 0 Å². The maximum absolute atomic E-state index is 6.45. The quantitative estimate of drug-likeness (QED) is 0.443. The molecule has 1 unspecified atom stereocenters.